The number of carbonyl (C=O) groups is 1. The Balaban J connectivity index is 1.34. The predicted molar refractivity (Wildman–Crippen MR) is 196 cm³/mol. The maximum Gasteiger partial charge on any atom is 0.343 e. The standard InChI is InChI=1S/C43H39ClF2O8/c1-48-35-21-18-31(36(45)37(35)46)22-32-23-33(19-20-34(32)44)43-40(52-26-30-16-10-5-11-17-30)38(50-24-28-12-6-3-7-13-28)39(51-25-29-14-8-4-9-15-29)42(54-43,27-53-43)41(47)49-2/h3-21,23,38-40H,22,24-27H2,1-2H3/t38-,39-,40+,42-,43-/m0/s1. The minimum atomic E-state index is -1.80. The van der Waals surface area contributed by atoms with Crippen LogP contribution in [0.2, 0.25) is 5.02 Å². The van der Waals surface area contributed by atoms with Crippen molar-refractivity contribution in [3.63, 3.8) is 0 Å². The van der Waals surface area contributed by atoms with E-state index in [0.717, 1.165) is 16.7 Å². The summed E-state index contributed by atoms with van der Waals surface area (Å²) < 4.78 is 74.1. The monoisotopic (exact) mass is 756 g/mol. The molecule has 2 bridgehead atoms. The number of esters is 1. The molecule has 2 saturated heterocycles. The molecule has 2 aliphatic rings. The lowest BCUT2D eigenvalue weighted by molar-refractivity contribution is -0.345. The van der Waals surface area contributed by atoms with Crippen LogP contribution in [0.15, 0.2) is 121 Å². The fourth-order valence-electron chi connectivity index (χ4n) is 7.05. The summed E-state index contributed by atoms with van der Waals surface area (Å²) in [4.78, 5) is 14.0. The Morgan fingerprint density at radius 2 is 1.30 bits per heavy atom. The summed E-state index contributed by atoms with van der Waals surface area (Å²) in [6.45, 7) is 0.111. The Morgan fingerprint density at radius 1 is 0.722 bits per heavy atom. The molecule has 280 valence electrons. The van der Waals surface area contributed by atoms with E-state index in [1.54, 1.807) is 18.2 Å². The molecule has 0 saturated carbocycles. The van der Waals surface area contributed by atoms with Gasteiger partial charge in [-0.3, -0.25) is 0 Å². The number of fused-ring (bicyclic) bond motifs is 2. The van der Waals surface area contributed by atoms with Crippen molar-refractivity contribution in [2.45, 2.75) is 55.9 Å². The number of carbonyl (C=O) groups excluding carboxylic acids is 1. The van der Waals surface area contributed by atoms with Crippen LogP contribution in [0.5, 0.6) is 5.75 Å². The lowest BCUT2D eigenvalue weighted by Gasteiger charge is -2.49. The average Bonchev–Trinajstić information content (AvgIpc) is 3.58. The van der Waals surface area contributed by atoms with Crippen molar-refractivity contribution in [2.75, 3.05) is 20.8 Å². The van der Waals surface area contributed by atoms with Crippen LogP contribution >= 0.6 is 11.6 Å². The number of methoxy groups -OCH3 is 2. The number of ether oxygens (including phenoxy) is 7. The normalized spacial score (nSPS) is 23.2. The molecule has 0 spiro atoms. The first-order valence-corrected chi connectivity index (χ1v) is 17.8. The molecule has 5 aromatic carbocycles. The van der Waals surface area contributed by atoms with Gasteiger partial charge in [-0.2, -0.15) is 4.39 Å². The summed E-state index contributed by atoms with van der Waals surface area (Å²) in [5.74, 6) is -4.87. The van der Waals surface area contributed by atoms with Crippen LogP contribution in [-0.2, 0) is 65.2 Å². The smallest absolute Gasteiger partial charge is 0.343 e. The third kappa shape index (κ3) is 7.38. The minimum absolute atomic E-state index is 0.0565. The van der Waals surface area contributed by atoms with Crippen LogP contribution in [0.3, 0.4) is 0 Å². The summed E-state index contributed by atoms with van der Waals surface area (Å²) in [6, 6.07) is 36.5. The molecule has 2 aliphatic heterocycles. The van der Waals surface area contributed by atoms with Gasteiger partial charge in [0.2, 0.25) is 17.2 Å². The molecule has 11 heteroatoms. The van der Waals surface area contributed by atoms with E-state index < -0.39 is 47.3 Å². The van der Waals surface area contributed by atoms with Crippen molar-refractivity contribution < 1.29 is 46.7 Å². The van der Waals surface area contributed by atoms with Gasteiger partial charge in [0.15, 0.2) is 11.6 Å². The van der Waals surface area contributed by atoms with Gasteiger partial charge in [0, 0.05) is 17.0 Å². The highest BCUT2D eigenvalue weighted by Gasteiger charge is 2.73. The summed E-state index contributed by atoms with van der Waals surface area (Å²) in [5.41, 5.74) is 1.72. The third-order valence-electron chi connectivity index (χ3n) is 9.80. The molecule has 5 aromatic rings. The zero-order chi connectivity index (χ0) is 37.7. The fraction of sp³-hybridized carbons (Fsp3) is 0.279. The Hall–Kier alpha value is -4.68. The van der Waals surface area contributed by atoms with Crippen LogP contribution in [0, 0.1) is 11.6 Å². The van der Waals surface area contributed by atoms with E-state index in [9.17, 15) is 9.18 Å². The highest BCUT2D eigenvalue weighted by atomic mass is 35.5. The average molecular weight is 757 g/mol. The van der Waals surface area contributed by atoms with E-state index in [1.807, 2.05) is 91.0 Å². The molecule has 0 N–H and O–H groups in total. The molecular formula is C43H39ClF2O8. The van der Waals surface area contributed by atoms with Crippen molar-refractivity contribution in [1.82, 2.24) is 0 Å². The number of benzene rings is 5. The first kappa shape index (κ1) is 37.6. The van der Waals surface area contributed by atoms with Crippen molar-refractivity contribution in [1.29, 1.82) is 0 Å². The number of hydrogen-bond donors (Lipinski definition) is 0. The van der Waals surface area contributed by atoms with Gasteiger partial charge in [-0.15, -0.1) is 0 Å². The molecule has 5 atom stereocenters. The van der Waals surface area contributed by atoms with E-state index in [-0.39, 0.29) is 44.2 Å². The molecule has 54 heavy (non-hydrogen) atoms. The van der Waals surface area contributed by atoms with E-state index in [2.05, 4.69) is 0 Å². The lowest BCUT2D eigenvalue weighted by Crippen LogP contribution is -2.69. The summed E-state index contributed by atoms with van der Waals surface area (Å²) in [7, 11) is 2.54. The Labute approximate surface area is 317 Å². The largest absolute Gasteiger partial charge is 0.494 e. The second-order valence-corrected chi connectivity index (χ2v) is 13.6. The zero-order valence-electron chi connectivity index (χ0n) is 29.7. The van der Waals surface area contributed by atoms with Gasteiger partial charge in [0.25, 0.3) is 0 Å². The molecule has 8 nitrogen and oxygen atoms in total. The fourth-order valence-corrected chi connectivity index (χ4v) is 7.24. The highest BCUT2D eigenvalue weighted by molar-refractivity contribution is 6.31. The summed E-state index contributed by atoms with van der Waals surface area (Å²) >= 11 is 6.71. The topological polar surface area (TPSA) is 81.7 Å². The van der Waals surface area contributed by atoms with E-state index in [4.69, 9.17) is 44.8 Å². The Kier molecular flexibility index (Phi) is 11.4. The van der Waals surface area contributed by atoms with Gasteiger partial charge < -0.3 is 33.2 Å². The molecular weight excluding hydrogens is 718 g/mol. The van der Waals surface area contributed by atoms with E-state index >= 15 is 4.39 Å². The molecule has 0 radical (unpaired) electrons. The van der Waals surface area contributed by atoms with E-state index in [1.165, 1.54) is 26.4 Å². The number of rotatable bonds is 14. The van der Waals surface area contributed by atoms with E-state index in [0.29, 0.717) is 16.1 Å². The van der Waals surface area contributed by atoms with Crippen LogP contribution in [0.1, 0.15) is 33.4 Å². The quantitative estimate of drug-likeness (QED) is 0.105. The first-order valence-electron chi connectivity index (χ1n) is 17.5. The summed E-state index contributed by atoms with van der Waals surface area (Å²) in [5, 5.41) is 0.293. The number of halogens is 3. The van der Waals surface area contributed by atoms with Crippen LogP contribution in [0.25, 0.3) is 0 Å². The maximum absolute atomic E-state index is 15.2. The molecule has 2 heterocycles. The van der Waals surface area contributed by atoms with Crippen LogP contribution in [-0.4, -0.2) is 50.7 Å². The minimum Gasteiger partial charge on any atom is -0.494 e. The molecule has 0 aliphatic carbocycles. The molecule has 7 rings (SSSR count). The van der Waals surface area contributed by atoms with Gasteiger partial charge in [-0.05, 0) is 46.0 Å². The van der Waals surface area contributed by atoms with Crippen molar-refractivity contribution >= 4 is 17.6 Å². The zero-order valence-corrected chi connectivity index (χ0v) is 30.5. The van der Waals surface area contributed by atoms with Gasteiger partial charge in [0.1, 0.15) is 18.3 Å². The van der Waals surface area contributed by atoms with Gasteiger partial charge in [0.05, 0.1) is 40.6 Å². The molecule has 0 unspecified atom stereocenters. The SMILES string of the molecule is COC(=O)[C@@]12CO[C@@](c3ccc(Cl)c(Cc4ccc(OC)c(F)c4F)c3)(O1)[C@H](OCc1ccccc1)[C@@H](OCc1ccccc1)[C@@H]2OCc1ccccc1. The molecule has 0 amide bonds. The van der Waals surface area contributed by atoms with Crippen molar-refractivity contribution in [3.8, 4) is 5.75 Å². The second kappa shape index (κ2) is 16.4. The van der Waals surface area contributed by atoms with Crippen LogP contribution in [0.4, 0.5) is 8.78 Å². The van der Waals surface area contributed by atoms with Gasteiger partial charge in [-0.1, -0.05) is 115 Å². The summed E-state index contributed by atoms with van der Waals surface area (Å²) in [6.07, 6.45) is -3.18. The van der Waals surface area contributed by atoms with Gasteiger partial charge in [-0.25, -0.2) is 9.18 Å². The number of hydrogen-bond acceptors (Lipinski definition) is 8. The van der Waals surface area contributed by atoms with Crippen molar-refractivity contribution in [3.05, 3.63) is 171 Å². The predicted octanol–water partition coefficient (Wildman–Crippen LogP) is 8.10. The third-order valence-corrected chi connectivity index (χ3v) is 10.2. The lowest BCUT2D eigenvalue weighted by atomic mass is 9.82. The molecule has 0 aromatic heterocycles. The van der Waals surface area contributed by atoms with Gasteiger partial charge >= 0.3 is 5.97 Å². The first-order chi connectivity index (χ1) is 26.3. The molecule has 2 fully saturated rings. The van der Waals surface area contributed by atoms with Crippen molar-refractivity contribution in [2.24, 2.45) is 0 Å². The van der Waals surface area contributed by atoms with Crippen LogP contribution < -0.4 is 4.74 Å². The Morgan fingerprint density at radius 3 is 1.87 bits per heavy atom. The second-order valence-electron chi connectivity index (χ2n) is 13.2. The maximum atomic E-state index is 15.2. The highest BCUT2D eigenvalue weighted by Crippen LogP contribution is 2.53. The Bertz CT molecular complexity index is 2050.